The van der Waals surface area contributed by atoms with Crippen molar-refractivity contribution in [3.8, 4) is 0 Å². The summed E-state index contributed by atoms with van der Waals surface area (Å²) in [4.78, 5) is 13.9. The molecule has 0 aliphatic rings. The number of aryl methyl sites for hydroxylation is 3. The molecular formula is C21H28N2O4S. The number of aromatic carboxylic acids is 1. The van der Waals surface area contributed by atoms with Crippen molar-refractivity contribution < 1.29 is 18.3 Å². The molecule has 28 heavy (non-hydrogen) atoms. The van der Waals surface area contributed by atoms with Crippen LogP contribution in [0.4, 0.5) is 11.4 Å². The number of carboxylic acids is 1. The number of benzene rings is 2. The summed E-state index contributed by atoms with van der Waals surface area (Å²) in [6, 6.07) is 8.34. The minimum Gasteiger partial charge on any atom is -0.478 e. The Morgan fingerprint density at radius 2 is 1.71 bits per heavy atom. The fourth-order valence-electron chi connectivity index (χ4n) is 3.35. The highest BCUT2D eigenvalue weighted by molar-refractivity contribution is 7.92. The van der Waals surface area contributed by atoms with Gasteiger partial charge in [0.05, 0.1) is 16.1 Å². The van der Waals surface area contributed by atoms with Crippen LogP contribution in [-0.2, 0) is 10.0 Å². The van der Waals surface area contributed by atoms with Gasteiger partial charge in [-0.05, 0) is 56.5 Å². The third kappa shape index (κ3) is 4.84. The summed E-state index contributed by atoms with van der Waals surface area (Å²) in [6.45, 7) is 8.25. The van der Waals surface area contributed by atoms with Crippen molar-refractivity contribution in [3.63, 3.8) is 0 Å². The van der Waals surface area contributed by atoms with E-state index in [1.165, 1.54) is 12.1 Å². The topological polar surface area (TPSA) is 86.7 Å². The number of hydrogen-bond acceptors (Lipinski definition) is 4. The lowest BCUT2D eigenvalue weighted by Crippen LogP contribution is -2.20. The third-order valence-electron chi connectivity index (χ3n) is 4.64. The van der Waals surface area contributed by atoms with Crippen molar-refractivity contribution in [2.75, 3.05) is 23.2 Å². The van der Waals surface area contributed by atoms with Gasteiger partial charge in [0, 0.05) is 19.3 Å². The zero-order chi connectivity index (χ0) is 21.1. The molecule has 0 amide bonds. The molecule has 0 bridgehead atoms. The Morgan fingerprint density at radius 3 is 2.25 bits per heavy atom. The Balaban J connectivity index is 2.44. The summed E-state index contributed by atoms with van der Waals surface area (Å²) in [5, 5.41) is 9.61. The molecule has 0 saturated carbocycles. The molecule has 0 aliphatic carbocycles. The van der Waals surface area contributed by atoms with Gasteiger partial charge in [-0.15, -0.1) is 0 Å². The van der Waals surface area contributed by atoms with Gasteiger partial charge in [-0.25, -0.2) is 13.2 Å². The minimum atomic E-state index is -3.92. The van der Waals surface area contributed by atoms with E-state index in [0.29, 0.717) is 11.1 Å². The maximum Gasteiger partial charge on any atom is 0.337 e. The fourth-order valence-corrected chi connectivity index (χ4v) is 4.88. The second kappa shape index (κ2) is 8.65. The van der Waals surface area contributed by atoms with E-state index in [1.54, 1.807) is 32.0 Å². The highest BCUT2D eigenvalue weighted by atomic mass is 32.2. The Labute approximate surface area is 167 Å². The zero-order valence-electron chi connectivity index (χ0n) is 17.0. The van der Waals surface area contributed by atoms with Gasteiger partial charge in [-0.3, -0.25) is 4.72 Å². The fraction of sp³-hybridized carbons (Fsp3) is 0.381. The molecule has 0 atom stereocenters. The van der Waals surface area contributed by atoms with Crippen LogP contribution in [0.2, 0.25) is 0 Å². The Kier molecular flexibility index (Phi) is 6.72. The molecule has 0 fully saturated rings. The first-order valence-electron chi connectivity index (χ1n) is 9.26. The van der Waals surface area contributed by atoms with E-state index in [0.717, 1.165) is 30.6 Å². The number of sulfonamides is 1. The van der Waals surface area contributed by atoms with E-state index >= 15 is 0 Å². The smallest absolute Gasteiger partial charge is 0.337 e. The average molecular weight is 405 g/mol. The molecule has 7 heteroatoms. The average Bonchev–Trinajstić information content (AvgIpc) is 2.58. The minimum absolute atomic E-state index is 0.0551. The number of carboxylic acid groups (broad SMARTS) is 1. The van der Waals surface area contributed by atoms with Crippen LogP contribution < -0.4 is 9.62 Å². The maximum atomic E-state index is 13.0. The van der Waals surface area contributed by atoms with E-state index < -0.39 is 16.0 Å². The van der Waals surface area contributed by atoms with E-state index in [1.807, 2.05) is 18.9 Å². The van der Waals surface area contributed by atoms with Gasteiger partial charge in [0.25, 0.3) is 10.0 Å². The van der Waals surface area contributed by atoms with Crippen LogP contribution in [0.15, 0.2) is 35.2 Å². The SMILES string of the molecule is CCCCN(C)c1ccc(NS(=O)(=O)c2c(C)cc(C)cc2C)c(C(=O)O)c1. The molecule has 2 aromatic rings. The van der Waals surface area contributed by atoms with Gasteiger partial charge >= 0.3 is 5.97 Å². The van der Waals surface area contributed by atoms with Crippen molar-refractivity contribution in [2.45, 2.75) is 45.4 Å². The summed E-state index contributed by atoms with van der Waals surface area (Å²) >= 11 is 0. The van der Waals surface area contributed by atoms with Gasteiger partial charge in [0.15, 0.2) is 0 Å². The highest BCUT2D eigenvalue weighted by Gasteiger charge is 2.23. The first kappa shape index (κ1) is 21.8. The first-order valence-corrected chi connectivity index (χ1v) is 10.7. The van der Waals surface area contributed by atoms with Crippen LogP contribution in [0.5, 0.6) is 0 Å². The summed E-state index contributed by atoms with van der Waals surface area (Å²) < 4.78 is 28.4. The summed E-state index contributed by atoms with van der Waals surface area (Å²) in [7, 11) is -2.03. The van der Waals surface area contributed by atoms with Gasteiger partial charge in [0.1, 0.15) is 0 Å². The van der Waals surface area contributed by atoms with Crippen LogP contribution in [0.25, 0.3) is 0 Å². The predicted octanol–water partition coefficient (Wildman–Crippen LogP) is 4.35. The summed E-state index contributed by atoms with van der Waals surface area (Å²) in [5.41, 5.74) is 2.93. The molecule has 2 N–H and O–H groups in total. The van der Waals surface area contributed by atoms with Crippen LogP contribution in [-0.4, -0.2) is 33.1 Å². The van der Waals surface area contributed by atoms with Crippen LogP contribution >= 0.6 is 0 Å². The molecule has 0 saturated heterocycles. The second-order valence-electron chi connectivity index (χ2n) is 7.14. The van der Waals surface area contributed by atoms with Crippen molar-refractivity contribution in [1.29, 1.82) is 0 Å². The predicted molar refractivity (Wildman–Crippen MR) is 113 cm³/mol. The normalized spacial score (nSPS) is 11.3. The van der Waals surface area contributed by atoms with Crippen molar-refractivity contribution in [2.24, 2.45) is 0 Å². The molecule has 6 nitrogen and oxygen atoms in total. The third-order valence-corrected chi connectivity index (χ3v) is 6.31. The molecule has 2 rings (SSSR count). The van der Waals surface area contributed by atoms with E-state index in [2.05, 4.69) is 11.6 Å². The second-order valence-corrected chi connectivity index (χ2v) is 8.76. The molecule has 0 heterocycles. The summed E-state index contributed by atoms with van der Waals surface area (Å²) in [6.07, 6.45) is 2.02. The van der Waals surface area contributed by atoms with Crippen LogP contribution in [0.3, 0.4) is 0 Å². The van der Waals surface area contributed by atoms with Gasteiger partial charge in [0.2, 0.25) is 0 Å². The molecular weight excluding hydrogens is 376 g/mol. The molecule has 0 radical (unpaired) electrons. The Hall–Kier alpha value is -2.54. The molecule has 152 valence electrons. The lowest BCUT2D eigenvalue weighted by Gasteiger charge is -2.21. The Morgan fingerprint density at radius 1 is 1.11 bits per heavy atom. The largest absolute Gasteiger partial charge is 0.478 e. The lowest BCUT2D eigenvalue weighted by atomic mass is 10.1. The quantitative estimate of drug-likeness (QED) is 0.683. The van der Waals surface area contributed by atoms with Crippen LogP contribution in [0.1, 0.15) is 46.8 Å². The van der Waals surface area contributed by atoms with Crippen molar-refractivity contribution in [1.82, 2.24) is 0 Å². The monoisotopic (exact) mass is 404 g/mol. The number of carbonyl (C=O) groups is 1. The van der Waals surface area contributed by atoms with Crippen molar-refractivity contribution >= 4 is 27.4 Å². The first-order chi connectivity index (χ1) is 13.1. The number of nitrogens with one attached hydrogen (secondary N) is 1. The van der Waals surface area contributed by atoms with E-state index in [-0.39, 0.29) is 16.1 Å². The van der Waals surface area contributed by atoms with Crippen molar-refractivity contribution in [3.05, 3.63) is 52.6 Å². The number of unbranched alkanes of at least 4 members (excludes halogenated alkanes) is 1. The molecule has 0 aromatic heterocycles. The van der Waals surface area contributed by atoms with Crippen LogP contribution in [0, 0.1) is 20.8 Å². The standard InChI is InChI=1S/C21H28N2O4S/c1-6-7-10-23(5)17-8-9-19(18(13-17)21(24)25)22-28(26,27)20-15(3)11-14(2)12-16(20)4/h8-9,11-13,22H,6-7,10H2,1-5H3,(H,24,25). The zero-order valence-corrected chi connectivity index (χ0v) is 17.9. The number of anilines is 2. The van der Waals surface area contributed by atoms with E-state index in [9.17, 15) is 18.3 Å². The molecule has 0 aliphatic heterocycles. The highest BCUT2D eigenvalue weighted by Crippen LogP contribution is 2.28. The number of nitrogens with zero attached hydrogens (tertiary/aromatic N) is 1. The molecule has 0 spiro atoms. The molecule has 2 aromatic carbocycles. The Bertz CT molecular complexity index is 961. The van der Waals surface area contributed by atoms with E-state index in [4.69, 9.17) is 0 Å². The summed E-state index contributed by atoms with van der Waals surface area (Å²) in [5.74, 6) is -1.18. The van der Waals surface area contributed by atoms with Gasteiger partial charge in [-0.2, -0.15) is 0 Å². The maximum absolute atomic E-state index is 13.0. The number of rotatable bonds is 8. The number of hydrogen-bond donors (Lipinski definition) is 2. The lowest BCUT2D eigenvalue weighted by molar-refractivity contribution is 0.0698. The van der Waals surface area contributed by atoms with Gasteiger partial charge < -0.3 is 10.0 Å². The molecule has 0 unspecified atom stereocenters. The van der Waals surface area contributed by atoms with Gasteiger partial charge in [-0.1, -0.05) is 31.0 Å².